The van der Waals surface area contributed by atoms with E-state index in [0.29, 0.717) is 25.2 Å². The highest BCUT2D eigenvalue weighted by molar-refractivity contribution is 7.13. The number of nitrogens with one attached hydrogen (secondary N) is 2. The van der Waals surface area contributed by atoms with Gasteiger partial charge in [0.1, 0.15) is 0 Å². The molecule has 3 heterocycles. The molecule has 0 spiro atoms. The lowest BCUT2D eigenvalue weighted by Gasteiger charge is -2.22. The molecule has 0 aliphatic carbocycles. The van der Waals surface area contributed by atoms with Gasteiger partial charge in [0.2, 0.25) is 11.7 Å². The summed E-state index contributed by atoms with van der Waals surface area (Å²) < 4.78 is 1.68. The summed E-state index contributed by atoms with van der Waals surface area (Å²) in [5, 5.41) is 12.1. The second-order valence-corrected chi connectivity index (χ2v) is 6.94. The molecule has 2 N–H and O–H groups in total. The highest BCUT2D eigenvalue weighted by Crippen LogP contribution is 2.25. The summed E-state index contributed by atoms with van der Waals surface area (Å²) in [5.41, 5.74) is 0.840. The van der Waals surface area contributed by atoms with Gasteiger partial charge in [0.05, 0.1) is 10.6 Å². The van der Waals surface area contributed by atoms with E-state index in [-0.39, 0.29) is 23.7 Å². The lowest BCUT2D eigenvalue weighted by molar-refractivity contribution is -0.122. The molecule has 0 bridgehead atoms. The SMILES string of the molecule is O=C1CC[C@H](NC(=O)c2nc(-c3cccs3)n(-c3ccccc3)n2)CN1. The second kappa shape index (κ2) is 7.09. The maximum atomic E-state index is 12.6. The van der Waals surface area contributed by atoms with Gasteiger partial charge < -0.3 is 10.6 Å². The van der Waals surface area contributed by atoms with Crippen molar-refractivity contribution in [1.29, 1.82) is 0 Å². The molecule has 8 heteroatoms. The molecule has 0 saturated carbocycles. The van der Waals surface area contributed by atoms with Crippen LogP contribution in [-0.2, 0) is 4.79 Å². The van der Waals surface area contributed by atoms with Crippen LogP contribution < -0.4 is 10.6 Å². The fourth-order valence-electron chi connectivity index (χ4n) is 2.83. The van der Waals surface area contributed by atoms with E-state index in [1.807, 2.05) is 47.8 Å². The van der Waals surface area contributed by atoms with Gasteiger partial charge in [0, 0.05) is 19.0 Å². The smallest absolute Gasteiger partial charge is 0.291 e. The number of carbonyl (C=O) groups excluding carboxylic acids is 2. The van der Waals surface area contributed by atoms with E-state index in [1.165, 1.54) is 0 Å². The highest BCUT2D eigenvalue weighted by atomic mass is 32.1. The molecular formula is C18H17N5O2S. The summed E-state index contributed by atoms with van der Waals surface area (Å²) >= 11 is 1.54. The standard InChI is InChI=1S/C18H17N5O2S/c24-15-9-8-12(11-19-15)20-18(25)16-21-17(14-7-4-10-26-14)23(22-16)13-5-2-1-3-6-13/h1-7,10,12H,8-9,11H2,(H,19,24)(H,20,25)/t12-/m0/s1. The molecule has 2 aromatic heterocycles. The number of nitrogens with zero attached hydrogens (tertiary/aromatic N) is 3. The minimum Gasteiger partial charge on any atom is -0.354 e. The normalized spacial score (nSPS) is 16.9. The lowest BCUT2D eigenvalue weighted by Crippen LogP contribution is -2.47. The fourth-order valence-corrected chi connectivity index (χ4v) is 3.53. The van der Waals surface area contributed by atoms with Crippen LogP contribution >= 0.6 is 11.3 Å². The van der Waals surface area contributed by atoms with Crippen LogP contribution in [0.4, 0.5) is 0 Å². The van der Waals surface area contributed by atoms with Crippen LogP contribution in [0.1, 0.15) is 23.5 Å². The van der Waals surface area contributed by atoms with Crippen molar-refractivity contribution in [3.05, 3.63) is 53.7 Å². The van der Waals surface area contributed by atoms with Gasteiger partial charge in [-0.05, 0) is 30.0 Å². The number of rotatable bonds is 4. The average molecular weight is 367 g/mol. The van der Waals surface area contributed by atoms with Crippen molar-refractivity contribution in [3.8, 4) is 16.4 Å². The Labute approximate surface area is 154 Å². The molecule has 2 amide bonds. The van der Waals surface area contributed by atoms with E-state index in [0.717, 1.165) is 10.6 Å². The van der Waals surface area contributed by atoms with Crippen LogP contribution in [0.2, 0.25) is 0 Å². The zero-order valence-corrected chi connectivity index (χ0v) is 14.7. The van der Waals surface area contributed by atoms with Crippen LogP contribution in [0.25, 0.3) is 16.4 Å². The van der Waals surface area contributed by atoms with Gasteiger partial charge in [0.15, 0.2) is 5.82 Å². The second-order valence-electron chi connectivity index (χ2n) is 6.00. The first-order valence-electron chi connectivity index (χ1n) is 8.34. The van der Waals surface area contributed by atoms with Gasteiger partial charge >= 0.3 is 0 Å². The largest absolute Gasteiger partial charge is 0.354 e. The van der Waals surface area contributed by atoms with Crippen molar-refractivity contribution in [2.75, 3.05) is 6.54 Å². The van der Waals surface area contributed by atoms with Gasteiger partial charge in [-0.3, -0.25) is 9.59 Å². The minimum atomic E-state index is -0.335. The predicted octanol–water partition coefficient (Wildman–Crippen LogP) is 2.00. The molecule has 0 radical (unpaired) electrons. The van der Waals surface area contributed by atoms with E-state index >= 15 is 0 Å². The molecule has 3 aromatic rings. The Morgan fingerprint density at radius 2 is 2.08 bits per heavy atom. The third-order valence-corrected chi connectivity index (χ3v) is 5.02. The third kappa shape index (κ3) is 3.36. The maximum absolute atomic E-state index is 12.6. The van der Waals surface area contributed by atoms with Gasteiger partial charge in [-0.25, -0.2) is 9.67 Å². The van der Waals surface area contributed by atoms with Crippen molar-refractivity contribution in [3.63, 3.8) is 0 Å². The molecule has 132 valence electrons. The molecule has 1 aliphatic heterocycles. The van der Waals surface area contributed by atoms with Gasteiger partial charge in [-0.2, -0.15) is 0 Å². The number of piperidine rings is 1. The first-order chi connectivity index (χ1) is 12.7. The molecule has 0 unspecified atom stereocenters. The molecule has 1 atom stereocenters. The van der Waals surface area contributed by atoms with Crippen LogP contribution in [-0.4, -0.2) is 39.2 Å². The summed E-state index contributed by atoms with van der Waals surface area (Å²) in [7, 11) is 0. The topological polar surface area (TPSA) is 88.9 Å². The van der Waals surface area contributed by atoms with Crippen LogP contribution in [0, 0.1) is 0 Å². The van der Waals surface area contributed by atoms with Crippen LogP contribution in [0.3, 0.4) is 0 Å². The fraction of sp³-hybridized carbons (Fsp3) is 0.222. The number of carbonyl (C=O) groups is 2. The molecular weight excluding hydrogens is 350 g/mol. The molecule has 1 fully saturated rings. The molecule has 1 saturated heterocycles. The van der Waals surface area contributed by atoms with Crippen molar-refractivity contribution < 1.29 is 9.59 Å². The van der Waals surface area contributed by atoms with E-state index in [1.54, 1.807) is 16.0 Å². The average Bonchev–Trinajstić information content (AvgIpc) is 3.34. The van der Waals surface area contributed by atoms with Gasteiger partial charge in [0.25, 0.3) is 5.91 Å². The molecule has 1 aliphatic rings. The Hall–Kier alpha value is -3.00. The van der Waals surface area contributed by atoms with E-state index < -0.39 is 0 Å². The summed E-state index contributed by atoms with van der Waals surface area (Å²) in [6.45, 7) is 0.432. The van der Waals surface area contributed by atoms with Crippen molar-refractivity contribution in [2.45, 2.75) is 18.9 Å². The van der Waals surface area contributed by atoms with Crippen LogP contribution in [0.15, 0.2) is 47.8 Å². The first kappa shape index (κ1) is 16.5. The Kier molecular flexibility index (Phi) is 4.49. The lowest BCUT2D eigenvalue weighted by atomic mass is 10.1. The summed E-state index contributed by atoms with van der Waals surface area (Å²) in [4.78, 5) is 29.3. The molecule has 7 nitrogen and oxygen atoms in total. The van der Waals surface area contributed by atoms with Crippen LogP contribution in [0.5, 0.6) is 0 Å². The Bertz CT molecular complexity index is 910. The zero-order chi connectivity index (χ0) is 17.9. The van der Waals surface area contributed by atoms with Crippen molar-refractivity contribution >= 4 is 23.2 Å². The maximum Gasteiger partial charge on any atom is 0.291 e. The summed E-state index contributed by atoms with van der Waals surface area (Å²) in [5.74, 6) is 0.433. The quantitative estimate of drug-likeness (QED) is 0.738. The Morgan fingerprint density at radius 1 is 1.23 bits per heavy atom. The number of amides is 2. The molecule has 4 rings (SSSR count). The van der Waals surface area contributed by atoms with Crippen molar-refractivity contribution in [1.82, 2.24) is 25.4 Å². The summed E-state index contributed by atoms with van der Waals surface area (Å²) in [6.07, 6.45) is 1.03. The number of benzene rings is 1. The Balaban J connectivity index is 1.63. The number of hydrogen-bond acceptors (Lipinski definition) is 5. The molecule has 26 heavy (non-hydrogen) atoms. The highest BCUT2D eigenvalue weighted by Gasteiger charge is 2.24. The number of hydrogen-bond donors (Lipinski definition) is 2. The van der Waals surface area contributed by atoms with Gasteiger partial charge in [-0.15, -0.1) is 16.4 Å². The third-order valence-electron chi connectivity index (χ3n) is 4.15. The van der Waals surface area contributed by atoms with Crippen molar-refractivity contribution in [2.24, 2.45) is 0 Å². The number of para-hydroxylation sites is 1. The Morgan fingerprint density at radius 3 is 2.77 bits per heavy atom. The van der Waals surface area contributed by atoms with Gasteiger partial charge in [-0.1, -0.05) is 24.3 Å². The number of thiophene rings is 1. The predicted molar refractivity (Wildman–Crippen MR) is 98.2 cm³/mol. The molecule has 1 aromatic carbocycles. The van der Waals surface area contributed by atoms with E-state index in [2.05, 4.69) is 20.7 Å². The zero-order valence-electron chi connectivity index (χ0n) is 13.9. The first-order valence-corrected chi connectivity index (χ1v) is 9.22. The minimum absolute atomic E-state index is 0.0157. The monoisotopic (exact) mass is 367 g/mol. The van der Waals surface area contributed by atoms with E-state index in [9.17, 15) is 9.59 Å². The number of aromatic nitrogens is 3. The van der Waals surface area contributed by atoms with E-state index in [4.69, 9.17) is 0 Å². The summed E-state index contributed by atoms with van der Waals surface area (Å²) in [6, 6.07) is 13.4.